The lowest BCUT2D eigenvalue weighted by molar-refractivity contribution is -0.137. The third kappa shape index (κ3) is 7.11. The average molecular weight is 411 g/mol. The Bertz CT molecular complexity index is 707. The molecule has 1 aromatic carbocycles. The molecule has 2 rings (SSSR count). The van der Waals surface area contributed by atoms with Gasteiger partial charge in [-0.1, -0.05) is 48.5 Å². The quantitative estimate of drug-likeness (QED) is 0.302. The molecule has 1 aliphatic rings. The molecule has 0 saturated heterocycles. The standard InChI is InChI=1S/C21H24Cl2O4/c22-16-11-15(12-17(23)13-16)19(24)9-7-14-8-10-20(25)18(14)5-3-1-2-4-6-21(26)27/h7,9,11-14,18H,1-6,8,10H2,(H,26,27)/b9-7+. The molecule has 6 heteroatoms. The van der Waals surface area contributed by atoms with E-state index in [0.29, 0.717) is 28.5 Å². The van der Waals surface area contributed by atoms with Crippen LogP contribution in [0.15, 0.2) is 30.4 Å². The molecule has 2 atom stereocenters. The largest absolute Gasteiger partial charge is 0.481 e. The zero-order valence-corrected chi connectivity index (χ0v) is 16.6. The molecular weight excluding hydrogens is 387 g/mol. The zero-order valence-electron chi connectivity index (χ0n) is 15.1. The molecule has 1 aromatic rings. The number of rotatable bonds is 10. The summed E-state index contributed by atoms with van der Waals surface area (Å²) in [6.07, 6.45) is 9.03. The van der Waals surface area contributed by atoms with Crippen LogP contribution in [0.3, 0.4) is 0 Å². The summed E-state index contributed by atoms with van der Waals surface area (Å²) in [6, 6.07) is 4.73. The molecule has 1 fully saturated rings. The van der Waals surface area contributed by atoms with Crippen molar-refractivity contribution in [2.45, 2.75) is 51.4 Å². The van der Waals surface area contributed by atoms with Gasteiger partial charge >= 0.3 is 5.97 Å². The number of carboxylic acid groups (broad SMARTS) is 1. The first-order valence-corrected chi connectivity index (χ1v) is 10.1. The second-order valence-corrected chi connectivity index (χ2v) is 7.88. The number of aliphatic carboxylic acids is 1. The maximum absolute atomic E-state index is 12.3. The molecule has 0 aliphatic heterocycles. The van der Waals surface area contributed by atoms with E-state index >= 15 is 0 Å². The van der Waals surface area contributed by atoms with Gasteiger partial charge in [0.1, 0.15) is 5.78 Å². The Balaban J connectivity index is 1.86. The maximum atomic E-state index is 12.3. The fraction of sp³-hybridized carbons (Fsp3) is 0.476. The molecule has 0 aromatic heterocycles. The van der Waals surface area contributed by atoms with Gasteiger partial charge in [-0.05, 0) is 49.5 Å². The summed E-state index contributed by atoms with van der Waals surface area (Å²) in [5, 5.41) is 9.46. The molecule has 4 nitrogen and oxygen atoms in total. The number of hydrogen-bond donors (Lipinski definition) is 1. The van der Waals surface area contributed by atoms with Crippen LogP contribution < -0.4 is 0 Å². The van der Waals surface area contributed by atoms with E-state index in [4.69, 9.17) is 28.3 Å². The van der Waals surface area contributed by atoms with Gasteiger partial charge in [-0.3, -0.25) is 14.4 Å². The van der Waals surface area contributed by atoms with Crippen LogP contribution in [0.25, 0.3) is 0 Å². The molecule has 1 saturated carbocycles. The lowest BCUT2D eigenvalue weighted by Crippen LogP contribution is -2.13. The van der Waals surface area contributed by atoms with Crippen LogP contribution in [0.4, 0.5) is 0 Å². The van der Waals surface area contributed by atoms with E-state index in [0.717, 1.165) is 32.1 Å². The lowest BCUT2D eigenvalue weighted by Gasteiger charge is -2.14. The summed E-state index contributed by atoms with van der Waals surface area (Å²) in [5.41, 5.74) is 0.433. The molecule has 1 N–H and O–H groups in total. The average Bonchev–Trinajstić information content (AvgIpc) is 2.94. The number of halogens is 2. The zero-order chi connectivity index (χ0) is 19.8. The number of carbonyl (C=O) groups excluding carboxylic acids is 2. The van der Waals surface area contributed by atoms with Gasteiger partial charge in [-0.25, -0.2) is 0 Å². The van der Waals surface area contributed by atoms with E-state index in [1.54, 1.807) is 18.2 Å². The Kier molecular flexibility index (Phi) is 8.52. The Morgan fingerprint density at radius 2 is 1.74 bits per heavy atom. The molecule has 146 valence electrons. The molecule has 0 amide bonds. The van der Waals surface area contributed by atoms with Crippen molar-refractivity contribution in [3.63, 3.8) is 0 Å². The SMILES string of the molecule is O=C(O)CCCCCCC1C(=O)CCC1/C=C/C(=O)c1cc(Cl)cc(Cl)c1. The lowest BCUT2D eigenvalue weighted by atomic mass is 9.89. The highest BCUT2D eigenvalue weighted by atomic mass is 35.5. The highest BCUT2D eigenvalue weighted by Gasteiger charge is 2.32. The van der Waals surface area contributed by atoms with Crippen LogP contribution in [-0.2, 0) is 9.59 Å². The van der Waals surface area contributed by atoms with Crippen LogP contribution in [0.1, 0.15) is 61.7 Å². The molecular formula is C21H24Cl2O4. The summed E-state index contributed by atoms with van der Waals surface area (Å²) in [5.74, 6) is -0.650. The highest BCUT2D eigenvalue weighted by Crippen LogP contribution is 2.34. The summed E-state index contributed by atoms with van der Waals surface area (Å²) < 4.78 is 0. The summed E-state index contributed by atoms with van der Waals surface area (Å²) in [7, 11) is 0. The molecule has 0 heterocycles. The molecule has 0 radical (unpaired) electrons. The van der Waals surface area contributed by atoms with E-state index in [2.05, 4.69) is 0 Å². The van der Waals surface area contributed by atoms with Gasteiger partial charge < -0.3 is 5.11 Å². The number of carbonyl (C=O) groups is 3. The smallest absolute Gasteiger partial charge is 0.303 e. The Morgan fingerprint density at radius 3 is 2.41 bits per heavy atom. The van der Waals surface area contributed by atoms with Crippen LogP contribution in [0.5, 0.6) is 0 Å². The number of Topliss-reactive ketones (excluding diaryl/α,β-unsaturated/α-hetero) is 1. The summed E-state index contributed by atoms with van der Waals surface area (Å²) in [6.45, 7) is 0. The first kappa shape index (κ1) is 21.6. The van der Waals surface area contributed by atoms with Crippen molar-refractivity contribution in [2.75, 3.05) is 0 Å². The van der Waals surface area contributed by atoms with Gasteiger partial charge in [0.25, 0.3) is 0 Å². The third-order valence-corrected chi connectivity index (χ3v) is 5.39. The van der Waals surface area contributed by atoms with E-state index in [1.807, 2.05) is 6.08 Å². The Labute approximate surface area is 169 Å². The fourth-order valence-corrected chi connectivity index (χ4v) is 4.06. The predicted octanol–water partition coefficient (Wildman–Crippen LogP) is 5.75. The normalized spacial score (nSPS) is 19.7. The fourth-order valence-electron chi connectivity index (χ4n) is 3.54. The topological polar surface area (TPSA) is 71.4 Å². The number of hydrogen-bond acceptors (Lipinski definition) is 3. The predicted molar refractivity (Wildman–Crippen MR) is 106 cm³/mol. The van der Waals surface area contributed by atoms with Gasteiger partial charge in [0.05, 0.1) is 0 Å². The van der Waals surface area contributed by atoms with Crippen molar-refractivity contribution in [2.24, 2.45) is 11.8 Å². The highest BCUT2D eigenvalue weighted by molar-refractivity contribution is 6.35. The van der Waals surface area contributed by atoms with Gasteiger partial charge in [-0.15, -0.1) is 0 Å². The van der Waals surface area contributed by atoms with Crippen LogP contribution >= 0.6 is 23.2 Å². The number of allylic oxidation sites excluding steroid dienone is 2. The Morgan fingerprint density at radius 1 is 1.07 bits per heavy atom. The van der Waals surface area contributed by atoms with E-state index < -0.39 is 5.97 Å². The van der Waals surface area contributed by atoms with Gasteiger partial charge in [0, 0.05) is 34.4 Å². The van der Waals surface area contributed by atoms with Crippen molar-refractivity contribution in [1.82, 2.24) is 0 Å². The van der Waals surface area contributed by atoms with E-state index in [-0.39, 0.29) is 29.8 Å². The molecule has 1 aliphatic carbocycles. The molecule has 27 heavy (non-hydrogen) atoms. The number of benzene rings is 1. The van der Waals surface area contributed by atoms with Crippen molar-refractivity contribution in [3.8, 4) is 0 Å². The first-order chi connectivity index (χ1) is 12.9. The number of ketones is 2. The monoisotopic (exact) mass is 410 g/mol. The summed E-state index contributed by atoms with van der Waals surface area (Å²) in [4.78, 5) is 35.0. The minimum absolute atomic E-state index is 0.0449. The second-order valence-electron chi connectivity index (χ2n) is 7.00. The number of carboxylic acids is 1. The Hall–Kier alpha value is -1.65. The number of unbranched alkanes of at least 4 members (excludes halogenated alkanes) is 3. The summed E-state index contributed by atoms with van der Waals surface area (Å²) >= 11 is 11.9. The van der Waals surface area contributed by atoms with Crippen LogP contribution in [0.2, 0.25) is 10.0 Å². The minimum Gasteiger partial charge on any atom is -0.481 e. The van der Waals surface area contributed by atoms with Gasteiger partial charge in [-0.2, -0.15) is 0 Å². The van der Waals surface area contributed by atoms with Crippen molar-refractivity contribution < 1.29 is 19.5 Å². The first-order valence-electron chi connectivity index (χ1n) is 9.30. The van der Waals surface area contributed by atoms with E-state index in [9.17, 15) is 14.4 Å². The van der Waals surface area contributed by atoms with Gasteiger partial charge in [0.2, 0.25) is 0 Å². The third-order valence-electron chi connectivity index (χ3n) is 4.95. The van der Waals surface area contributed by atoms with E-state index in [1.165, 1.54) is 6.08 Å². The van der Waals surface area contributed by atoms with Gasteiger partial charge in [0.15, 0.2) is 5.78 Å². The maximum Gasteiger partial charge on any atom is 0.303 e. The van der Waals surface area contributed by atoms with Crippen molar-refractivity contribution in [1.29, 1.82) is 0 Å². The molecule has 0 spiro atoms. The van der Waals surface area contributed by atoms with Crippen molar-refractivity contribution >= 4 is 40.7 Å². The second kappa shape index (κ2) is 10.6. The molecule has 0 bridgehead atoms. The minimum atomic E-state index is -0.767. The van der Waals surface area contributed by atoms with Crippen LogP contribution in [-0.4, -0.2) is 22.6 Å². The molecule has 2 unspecified atom stereocenters. The van der Waals surface area contributed by atoms with Crippen molar-refractivity contribution in [3.05, 3.63) is 46.0 Å². The van der Waals surface area contributed by atoms with Crippen LogP contribution in [0, 0.1) is 11.8 Å².